The molecule has 6 heteroatoms. The lowest BCUT2D eigenvalue weighted by atomic mass is 9.93. The van der Waals surface area contributed by atoms with Crippen molar-refractivity contribution in [2.75, 3.05) is 26.2 Å². The van der Waals surface area contributed by atoms with Gasteiger partial charge in [-0.1, -0.05) is 18.2 Å². The van der Waals surface area contributed by atoms with Crippen molar-refractivity contribution >= 4 is 5.91 Å². The van der Waals surface area contributed by atoms with Gasteiger partial charge in [0.2, 0.25) is 5.91 Å². The van der Waals surface area contributed by atoms with Crippen LogP contribution >= 0.6 is 0 Å². The SMILES string of the molecule is O=C(NCc1ccccn1)[C@H]1CCCN(C2CCN(Cc3cccc(O)c3)CC2)C1. The Morgan fingerprint density at radius 3 is 2.73 bits per heavy atom. The Morgan fingerprint density at radius 2 is 1.97 bits per heavy atom. The lowest BCUT2D eigenvalue weighted by Gasteiger charge is -2.42. The molecule has 6 nitrogen and oxygen atoms in total. The Morgan fingerprint density at radius 1 is 1.10 bits per heavy atom. The minimum atomic E-state index is 0.0767. The molecule has 3 heterocycles. The predicted octanol–water partition coefficient (Wildman–Crippen LogP) is 2.78. The van der Waals surface area contributed by atoms with E-state index in [2.05, 4.69) is 26.2 Å². The maximum absolute atomic E-state index is 12.7. The predicted molar refractivity (Wildman–Crippen MR) is 117 cm³/mol. The highest BCUT2D eigenvalue weighted by Crippen LogP contribution is 2.25. The molecule has 160 valence electrons. The number of likely N-dealkylation sites (tertiary alicyclic amines) is 2. The molecule has 2 aromatic rings. The van der Waals surface area contributed by atoms with E-state index >= 15 is 0 Å². The van der Waals surface area contributed by atoms with Crippen molar-refractivity contribution in [2.45, 2.75) is 44.8 Å². The van der Waals surface area contributed by atoms with E-state index in [0.29, 0.717) is 18.3 Å². The number of carbonyl (C=O) groups is 1. The summed E-state index contributed by atoms with van der Waals surface area (Å²) < 4.78 is 0. The van der Waals surface area contributed by atoms with Crippen LogP contribution in [-0.2, 0) is 17.9 Å². The van der Waals surface area contributed by atoms with Gasteiger partial charge in [0.1, 0.15) is 5.75 Å². The van der Waals surface area contributed by atoms with Gasteiger partial charge in [0.25, 0.3) is 0 Å². The molecular weight excluding hydrogens is 376 g/mol. The fourth-order valence-electron chi connectivity index (χ4n) is 4.73. The molecule has 4 rings (SSSR count). The topological polar surface area (TPSA) is 68.7 Å². The van der Waals surface area contributed by atoms with Gasteiger partial charge < -0.3 is 10.4 Å². The van der Waals surface area contributed by atoms with E-state index in [1.807, 2.05) is 30.3 Å². The average Bonchev–Trinajstić information content (AvgIpc) is 2.79. The van der Waals surface area contributed by atoms with E-state index in [1.165, 1.54) is 0 Å². The molecule has 2 saturated heterocycles. The van der Waals surface area contributed by atoms with Crippen molar-refractivity contribution in [2.24, 2.45) is 5.92 Å². The molecule has 0 aliphatic carbocycles. The normalized spacial score (nSPS) is 21.4. The first-order chi connectivity index (χ1) is 14.7. The zero-order valence-electron chi connectivity index (χ0n) is 17.5. The summed E-state index contributed by atoms with van der Waals surface area (Å²) in [5, 5.41) is 12.7. The number of carbonyl (C=O) groups excluding carboxylic acids is 1. The van der Waals surface area contributed by atoms with Gasteiger partial charge in [-0.15, -0.1) is 0 Å². The fraction of sp³-hybridized carbons (Fsp3) is 0.500. The number of nitrogens with zero attached hydrogens (tertiary/aromatic N) is 3. The van der Waals surface area contributed by atoms with Gasteiger partial charge in [-0.05, 0) is 75.1 Å². The number of amides is 1. The summed E-state index contributed by atoms with van der Waals surface area (Å²) in [5.74, 6) is 0.572. The molecule has 0 spiro atoms. The third-order valence-corrected chi connectivity index (χ3v) is 6.38. The minimum Gasteiger partial charge on any atom is -0.508 e. The molecule has 30 heavy (non-hydrogen) atoms. The van der Waals surface area contributed by atoms with Crippen molar-refractivity contribution in [1.82, 2.24) is 20.1 Å². The molecule has 0 radical (unpaired) electrons. The van der Waals surface area contributed by atoms with E-state index in [-0.39, 0.29) is 11.8 Å². The third kappa shape index (κ3) is 5.58. The van der Waals surface area contributed by atoms with Crippen molar-refractivity contribution in [3.8, 4) is 5.75 Å². The number of hydrogen-bond donors (Lipinski definition) is 2. The molecule has 1 aromatic heterocycles. The first kappa shape index (κ1) is 20.8. The number of pyridine rings is 1. The summed E-state index contributed by atoms with van der Waals surface area (Å²) in [6.07, 6.45) is 6.10. The first-order valence-corrected chi connectivity index (χ1v) is 11.1. The highest BCUT2D eigenvalue weighted by Gasteiger charge is 2.31. The Kier molecular flexibility index (Phi) is 6.97. The molecular formula is C24H32N4O2. The number of aromatic nitrogens is 1. The van der Waals surface area contributed by atoms with E-state index in [4.69, 9.17) is 0 Å². The lowest BCUT2D eigenvalue weighted by Crippen LogP contribution is -2.50. The summed E-state index contributed by atoms with van der Waals surface area (Å²) in [6, 6.07) is 13.9. The summed E-state index contributed by atoms with van der Waals surface area (Å²) in [5.41, 5.74) is 2.06. The molecule has 2 fully saturated rings. The van der Waals surface area contributed by atoms with Crippen LogP contribution in [-0.4, -0.2) is 58.0 Å². The van der Waals surface area contributed by atoms with Crippen LogP contribution in [0.3, 0.4) is 0 Å². The van der Waals surface area contributed by atoms with Crippen LogP contribution in [0.5, 0.6) is 5.75 Å². The quantitative estimate of drug-likeness (QED) is 0.769. The third-order valence-electron chi connectivity index (χ3n) is 6.38. The molecule has 1 aromatic carbocycles. The number of piperidine rings is 2. The first-order valence-electron chi connectivity index (χ1n) is 11.1. The van der Waals surface area contributed by atoms with Gasteiger partial charge in [0, 0.05) is 25.3 Å². The van der Waals surface area contributed by atoms with Crippen LogP contribution in [0.4, 0.5) is 0 Å². The maximum atomic E-state index is 12.7. The molecule has 0 bridgehead atoms. The standard InChI is InChI=1S/C24H32N4O2/c29-23-8-3-5-19(15-23)17-27-13-9-22(10-14-27)28-12-4-6-20(18-28)24(30)26-16-21-7-1-2-11-25-21/h1-3,5,7-8,11,15,20,22,29H,4,6,9-10,12-14,16-18H2,(H,26,30)/t20-/m0/s1. The zero-order valence-corrected chi connectivity index (χ0v) is 17.5. The van der Waals surface area contributed by atoms with Crippen LogP contribution in [0.25, 0.3) is 0 Å². The molecule has 2 aliphatic heterocycles. The smallest absolute Gasteiger partial charge is 0.224 e. The Hall–Kier alpha value is -2.44. The molecule has 2 N–H and O–H groups in total. The largest absolute Gasteiger partial charge is 0.508 e. The number of phenolic OH excluding ortho intramolecular Hbond substituents is 1. The fourth-order valence-corrected chi connectivity index (χ4v) is 4.73. The van der Waals surface area contributed by atoms with Crippen molar-refractivity contribution in [1.29, 1.82) is 0 Å². The molecule has 0 saturated carbocycles. The number of rotatable bonds is 6. The number of benzene rings is 1. The van der Waals surface area contributed by atoms with Gasteiger partial charge in [-0.3, -0.25) is 19.6 Å². The van der Waals surface area contributed by atoms with E-state index in [0.717, 1.165) is 69.7 Å². The second kappa shape index (κ2) is 10.0. The van der Waals surface area contributed by atoms with Gasteiger partial charge in [-0.25, -0.2) is 0 Å². The van der Waals surface area contributed by atoms with E-state index in [1.54, 1.807) is 12.3 Å². The molecule has 1 amide bonds. The summed E-state index contributed by atoms with van der Waals surface area (Å²) >= 11 is 0. The maximum Gasteiger partial charge on any atom is 0.224 e. The Labute approximate surface area is 178 Å². The number of hydrogen-bond acceptors (Lipinski definition) is 5. The second-order valence-corrected chi connectivity index (χ2v) is 8.55. The van der Waals surface area contributed by atoms with Crippen molar-refractivity contribution in [3.63, 3.8) is 0 Å². The Bertz CT molecular complexity index is 821. The van der Waals surface area contributed by atoms with Gasteiger partial charge >= 0.3 is 0 Å². The highest BCUT2D eigenvalue weighted by atomic mass is 16.3. The number of nitrogens with one attached hydrogen (secondary N) is 1. The molecule has 1 atom stereocenters. The van der Waals surface area contributed by atoms with Crippen molar-refractivity contribution in [3.05, 3.63) is 59.9 Å². The van der Waals surface area contributed by atoms with Crippen LogP contribution in [0.15, 0.2) is 48.7 Å². The van der Waals surface area contributed by atoms with E-state index in [9.17, 15) is 9.90 Å². The molecule has 0 unspecified atom stereocenters. The minimum absolute atomic E-state index is 0.0767. The lowest BCUT2D eigenvalue weighted by molar-refractivity contribution is -0.127. The average molecular weight is 409 g/mol. The van der Waals surface area contributed by atoms with Crippen LogP contribution in [0, 0.1) is 5.92 Å². The molecule has 2 aliphatic rings. The van der Waals surface area contributed by atoms with E-state index < -0.39 is 0 Å². The summed E-state index contributed by atoms with van der Waals surface area (Å²) in [7, 11) is 0. The highest BCUT2D eigenvalue weighted by molar-refractivity contribution is 5.78. The van der Waals surface area contributed by atoms with Gasteiger partial charge in [0.15, 0.2) is 0 Å². The Balaban J connectivity index is 1.23. The van der Waals surface area contributed by atoms with Crippen LogP contribution in [0.2, 0.25) is 0 Å². The van der Waals surface area contributed by atoms with Gasteiger partial charge in [0.05, 0.1) is 18.2 Å². The monoisotopic (exact) mass is 408 g/mol. The summed E-state index contributed by atoms with van der Waals surface area (Å²) in [4.78, 5) is 22.0. The van der Waals surface area contributed by atoms with Crippen molar-refractivity contribution < 1.29 is 9.90 Å². The van der Waals surface area contributed by atoms with Gasteiger partial charge in [-0.2, -0.15) is 0 Å². The summed E-state index contributed by atoms with van der Waals surface area (Å²) in [6.45, 7) is 5.48. The van der Waals surface area contributed by atoms with Crippen LogP contribution < -0.4 is 5.32 Å². The number of aromatic hydroxyl groups is 1. The van der Waals surface area contributed by atoms with Crippen LogP contribution in [0.1, 0.15) is 36.9 Å². The number of phenols is 1. The zero-order chi connectivity index (χ0) is 20.8. The second-order valence-electron chi connectivity index (χ2n) is 8.55.